The van der Waals surface area contributed by atoms with E-state index in [1.54, 1.807) is 0 Å². The molecule has 0 saturated heterocycles. The Kier molecular flexibility index (Phi) is 7.59. The van der Waals surface area contributed by atoms with Gasteiger partial charge in [0.25, 0.3) is 0 Å². The number of rotatable bonds is 4. The molecule has 0 spiro atoms. The smallest absolute Gasteiger partial charge is 0.0305 e. The normalized spacial score (nSPS) is 11.9. The lowest BCUT2D eigenvalue weighted by atomic mass is 10.0. The molecule has 1 atom stereocenters. The maximum absolute atomic E-state index is 6.08. The van der Waals surface area contributed by atoms with Crippen molar-refractivity contribution in [2.24, 2.45) is 5.73 Å². The summed E-state index contributed by atoms with van der Waals surface area (Å²) in [6.45, 7) is 2.20. The molecule has 80 valence electrons. The van der Waals surface area contributed by atoms with Crippen molar-refractivity contribution in [3.63, 3.8) is 0 Å². The van der Waals surface area contributed by atoms with Crippen molar-refractivity contribution >= 4 is 35.0 Å². The molecule has 0 saturated carbocycles. The zero-order valence-corrected chi connectivity index (χ0v) is 11.3. The first-order chi connectivity index (χ1) is 6.25. The van der Waals surface area contributed by atoms with Gasteiger partial charge in [-0.25, -0.2) is 0 Å². The van der Waals surface area contributed by atoms with Crippen LogP contribution < -0.4 is 5.73 Å². The molecule has 0 aromatic heterocycles. The Hall–Kier alpha value is 0.200. The van der Waals surface area contributed by atoms with Gasteiger partial charge in [-0.05, 0) is 40.6 Å². The average Bonchev–Trinajstić information content (AvgIpc) is 2.15. The molecule has 14 heavy (non-hydrogen) atoms. The van der Waals surface area contributed by atoms with Gasteiger partial charge in [0.05, 0.1) is 0 Å². The van der Waals surface area contributed by atoms with Crippen LogP contribution in [0.1, 0.15) is 37.8 Å². The highest BCUT2D eigenvalue weighted by Gasteiger charge is 2.07. The molecule has 0 aliphatic rings. The molecule has 0 aliphatic heterocycles. The summed E-state index contributed by atoms with van der Waals surface area (Å²) in [6.07, 6.45) is 3.53. The average molecular weight is 326 g/mol. The van der Waals surface area contributed by atoms with E-state index >= 15 is 0 Å². The van der Waals surface area contributed by atoms with Crippen LogP contribution in [0.2, 0.25) is 0 Å². The van der Waals surface area contributed by atoms with Crippen molar-refractivity contribution < 1.29 is 0 Å². The summed E-state index contributed by atoms with van der Waals surface area (Å²) in [7, 11) is 0. The summed E-state index contributed by atoms with van der Waals surface area (Å²) in [5.41, 5.74) is 7.37. The fourth-order valence-electron chi connectivity index (χ4n) is 1.36. The molecule has 2 N–H and O–H groups in total. The Morgan fingerprint density at radius 2 is 2.00 bits per heavy atom. The van der Waals surface area contributed by atoms with Crippen molar-refractivity contribution in [2.45, 2.75) is 32.2 Å². The number of halogens is 2. The summed E-state index contributed by atoms with van der Waals surface area (Å²) in [4.78, 5) is 0. The minimum Gasteiger partial charge on any atom is -0.324 e. The Morgan fingerprint density at radius 3 is 2.57 bits per heavy atom. The molecule has 1 aromatic carbocycles. The first-order valence-electron chi connectivity index (χ1n) is 4.75. The Balaban J connectivity index is 0.00000169. The van der Waals surface area contributed by atoms with Gasteiger partial charge in [0, 0.05) is 9.61 Å². The summed E-state index contributed by atoms with van der Waals surface area (Å²) >= 11 is 2.35. The van der Waals surface area contributed by atoms with Crippen LogP contribution in [-0.4, -0.2) is 0 Å². The quantitative estimate of drug-likeness (QED) is 0.835. The third-order valence-electron chi connectivity index (χ3n) is 2.17. The first-order valence-corrected chi connectivity index (χ1v) is 5.83. The van der Waals surface area contributed by atoms with Crippen LogP contribution in [0.25, 0.3) is 0 Å². The SMILES string of the molecule is CCCC[C@H](N)c1ccccc1I.Cl. The van der Waals surface area contributed by atoms with Gasteiger partial charge in [0.2, 0.25) is 0 Å². The monoisotopic (exact) mass is 325 g/mol. The number of nitrogens with two attached hydrogens (primary N) is 1. The van der Waals surface area contributed by atoms with E-state index in [-0.39, 0.29) is 18.4 Å². The molecular formula is C11H17ClIN. The Bertz CT molecular complexity index is 265. The van der Waals surface area contributed by atoms with Gasteiger partial charge in [-0.3, -0.25) is 0 Å². The predicted octanol–water partition coefficient (Wildman–Crippen LogP) is 3.90. The Labute approximate surface area is 106 Å². The summed E-state index contributed by atoms with van der Waals surface area (Å²) in [5, 5.41) is 0. The van der Waals surface area contributed by atoms with Crippen LogP contribution in [0.5, 0.6) is 0 Å². The minimum atomic E-state index is 0. The number of benzene rings is 1. The van der Waals surface area contributed by atoms with Gasteiger partial charge in [0.1, 0.15) is 0 Å². The fourth-order valence-corrected chi connectivity index (χ4v) is 2.14. The van der Waals surface area contributed by atoms with Gasteiger partial charge >= 0.3 is 0 Å². The van der Waals surface area contributed by atoms with Crippen molar-refractivity contribution in [3.8, 4) is 0 Å². The second kappa shape index (κ2) is 7.49. The molecular weight excluding hydrogens is 308 g/mol. The van der Waals surface area contributed by atoms with E-state index in [1.807, 2.05) is 0 Å². The van der Waals surface area contributed by atoms with Gasteiger partial charge < -0.3 is 5.73 Å². The van der Waals surface area contributed by atoms with E-state index in [0.717, 1.165) is 6.42 Å². The third-order valence-corrected chi connectivity index (χ3v) is 3.16. The van der Waals surface area contributed by atoms with Gasteiger partial charge in [-0.15, -0.1) is 12.4 Å². The highest BCUT2D eigenvalue weighted by Crippen LogP contribution is 2.21. The molecule has 1 aromatic rings. The minimum absolute atomic E-state index is 0. The highest BCUT2D eigenvalue weighted by atomic mass is 127. The van der Waals surface area contributed by atoms with E-state index in [0.29, 0.717) is 0 Å². The van der Waals surface area contributed by atoms with Gasteiger partial charge in [-0.1, -0.05) is 38.0 Å². The second-order valence-electron chi connectivity index (χ2n) is 3.27. The maximum atomic E-state index is 6.08. The molecule has 1 rings (SSSR count). The zero-order valence-electron chi connectivity index (χ0n) is 8.37. The highest BCUT2D eigenvalue weighted by molar-refractivity contribution is 14.1. The largest absolute Gasteiger partial charge is 0.324 e. The maximum Gasteiger partial charge on any atom is 0.0305 e. The molecule has 3 heteroatoms. The van der Waals surface area contributed by atoms with E-state index in [9.17, 15) is 0 Å². The van der Waals surface area contributed by atoms with Crippen LogP contribution in [-0.2, 0) is 0 Å². The van der Waals surface area contributed by atoms with E-state index in [4.69, 9.17) is 5.73 Å². The van der Waals surface area contributed by atoms with Crippen LogP contribution >= 0.6 is 35.0 Å². The number of hydrogen-bond acceptors (Lipinski definition) is 1. The lowest BCUT2D eigenvalue weighted by Gasteiger charge is -2.12. The van der Waals surface area contributed by atoms with Crippen molar-refractivity contribution in [1.82, 2.24) is 0 Å². The summed E-state index contributed by atoms with van der Waals surface area (Å²) in [6, 6.07) is 8.57. The van der Waals surface area contributed by atoms with Gasteiger partial charge in [-0.2, -0.15) is 0 Å². The molecule has 0 fully saturated rings. The number of unbranched alkanes of at least 4 members (excludes halogenated alkanes) is 1. The van der Waals surface area contributed by atoms with E-state index in [1.165, 1.54) is 22.0 Å². The summed E-state index contributed by atoms with van der Waals surface area (Å²) < 4.78 is 1.28. The lowest BCUT2D eigenvalue weighted by molar-refractivity contribution is 0.601. The molecule has 0 bridgehead atoms. The second-order valence-corrected chi connectivity index (χ2v) is 4.43. The topological polar surface area (TPSA) is 26.0 Å². The molecule has 0 radical (unpaired) electrons. The molecule has 0 unspecified atom stereocenters. The van der Waals surface area contributed by atoms with Crippen LogP contribution in [0.3, 0.4) is 0 Å². The predicted molar refractivity (Wildman–Crippen MR) is 72.9 cm³/mol. The molecule has 0 amide bonds. The van der Waals surface area contributed by atoms with Gasteiger partial charge in [0.15, 0.2) is 0 Å². The third kappa shape index (κ3) is 4.15. The van der Waals surface area contributed by atoms with Crippen molar-refractivity contribution in [1.29, 1.82) is 0 Å². The molecule has 0 aliphatic carbocycles. The molecule has 1 nitrogen and oxygen atoms in total. The molecule has 0 heterocycles. The standard InChI is InChI=1S/C11H16IN.ClH/c1-2-3-8-11(13)9-6-4-5-7-10(9)12;/h4-7,11H,2-3,8,13H2,1H3;1H/t11-;/m0./s1. The number of hydrogen-bond donors (Lipinski definition) is 1. The lowest BCUT2D eigenvalue weighted by Crippen LogP contribution is -2.11. The van der Waals surface area contributed by atoms with Crippen molar-refractivity contribution in [2.75, 3.05) is 0 Å². The first kappa shape index (κ1) is 14.2. The zero-order chi connectivity index (χ0) is 9.68. The van der Waals surface area contributed by atoms with Crippen LogP contribution in [0.15, 0.2) is 24.3 Å². The summed E-state index contributed by atoms with van der Waals surface area (Å²) in [5.74, 6) is 0. The van der Waals surface area contributed by atoms with Crippen LogP contribution in [0, 0.1) is 3.57 Å². The Morgan fingerprint density at radius 1 is 1.36 bits per heavy atom. The fraction of sp³-hybridized carbons (Fsp3) is 0.455. The van der Waals surface area contributed by atoms with E-state index in [2.05, 4.69) is 53.8 Å². The van der Waals surface area contributed by atoms with Crippen LogP contribution in [0.4, 0.5) is 0 Å². The van der Waals surface area contributed by atoms with E-state index < -0.39 is 0 Å². The van der Waals surface area contributed by atoms with Crippen molar-refractivity contribution in [3.05, 3.63) is 33.4 Å².